The topological polar surface area (TPSA) is 85.2 Å². The van der Waals surface area contributed by atoms with Crippen LogP contribution >= 0.6 is 0 Å². The van der Waals surface area contributed by atoms with E-state index in [1.807, 2.05) is 27.7 Å². The van der Waals surface area contributed by atoms with Gasteiger partial charge in [-0.3, -0.25) is 4.79 Å². The van der Waals surface area contributed by atoms with Gasteiger partial charge in [0.15, 0.2) is 0 Å². The molecule has 132 valence electrons. The van der Waals surface area contributed by atoms with Crippen LogP contribution in [0.3, 0.4) is 0 Å². The monoisotopic (exact) mass is 336 g/mol. The molecule has 2 N–H and O–H groups in total. The molecule has 1 aromatic carbocycles. The van der Waals surface area contributed by atoms with Gasteiger partial charge in [-0.25, -0.2) is 0 Å². The summed E-state index contributed by atoms with van der Waals surface area (Å²) in [6.45, 7) is 9.29. The molecule has 1 aliphatic heterocycles. The maximum atomic E-state index is 11.9. The van der Waals surface area contributed by atoms with Crippen LogP contribution in [0.15, 0.2) is 12.1 Å². The molecule has 0 aromatic heterocycles. The van der Waals surface area contributed by atoms with E-state index in [2.05, 4.69) is 0 Å². The first kappa shape index (κ1) is 18.6. The van der Waals surface area contributed by atoms with E-state index in [1.54, 1.807) is 13.0 Å². The van der Waals surface area contributed by atoms with Crippen molar-refractivity contribution in [2.24, 2.45) is 0 Å². The van der Waals surface area contributed by atoms with Gasteiger partial charge in [-0.1, -0.05) is 6.07 Å². The number of hydrogen-bond donors (Lipinski definition) is 2. The van der Waals surface area contributed by atoms with E-state index in [9.17, 15) is 15.0 Å². The van der Waals surface area contributed by atoms with Crippen LogP contribution in [0, 0.1) is 6.92 Å². The lowest BCUT2D eigenvalue weighted by Gasteiger charge is -2.32. The Kier molecular flexibility index (Phi) is 4.88. The Labute approximate surface area is 142 Å². The third-order valence-corrected chi connectivity index (χ3v) is 5.05. The summed E-state index contributed by atoms with van der Waals surface area (Å²) in [6, 6.07) is 3.07. The molecule has 1 fully saturated rings. The van der Waals surface area contributed by atoms with Crippen LogP contribution in [0.25, 0.3) is 0 Å². The number of carbonyl (C=O) groups excluding carboxylic acids is 1. The smallest absolute Gasteiger partial charge is 0.466 e. The highest BCUT2D eigenvalue weighted by Gasteiger charge is 2.54. The van der Waals surface area contributed by atoms with Crippen LogP contribution in [-0.2, 0) is 18.8 Å². The van der Waals surface area contributed by atoms with Gasteiger partial charge in [0.25, 0.3) is 0 Å². The van der Waals surface area contributed by atoms with E-state index < -0.39 is 30.1 Å². The van der Waals surface area contributed by atoms with Crippen LogP contribution in [-0.4, -0.2) is 41.6 Å². The number of ether oxygens (including phenoxy) is 1. The van der Waals surface area contributed by atoms with Crippen molar-refractivity contribution in [3.05, 3.63) is 23.3 Å². The lowest BCUT2D eigenvalue weighted by molar-refractivity contribution is -0.140. The second-order valence-electron chi connectivity index (χ2n) is 7.16. The number of aromatic hydroxyl groups is 2. The zero-order chi connectivity index (χ0) is 18.3. The number of rotatable bonds is 4. The number of benzene rings is 1. The molecule has 6 nitrogen and oxygen atoms in total. The van der Waals surface area contributed by atoms with Crippen molar-refractivity contribution >= 4 is 13.1 Å². The number of phenolic OH excluding ortho intramolecular Hbond substituents is 2. The molecule has 1 aromatic rings. The average molecular weight is 336 g/mol. The first-order valence-electron chi connectivity index (χ1n) is 7.94. The minimum atomic E-state index is -0.719. The summed E-state index contributed by atoms with van der Waals surface area (Å²) in [5.41, 5.74) is -0.297. The van der Waals surface area contributed by atoms with Crippen molar-refractivity contribution in [2.75, 3.05) is 7.11 Å². The first-order valence-corrected chi connectivity index (χ1v) is 7.94. The van der Waals surface area contributed by atoms with Crippen molar-refractivity contribution < 1.29 is 29.1 Å². The number of hydrogen-bond acceptors (Lipinski definition) is 6. The zero-order valence-corrected chi connectivity index (χ0v) is 15.0. The van der Waals surface area contributed by atoms with E-state index >= 15 is 0 Å². The van der Waals surface area contributed by atoms with E-state index in [0.29, 0.717) is 11.1 Å². The van der Waals surface area contributed by atoms with Crippen molar-refractivity contribution in [3.8, 4) is 11.5 Å². The third kappa shape index (κ3) is 3.23. The van der Waals surface area contributed by atoms with Crippen LogP contribution in [0.5, 0.6) is 11.5 Å². The summed E-state index contributed by atoms with van der Waals surface area (Å²) in [5, 5.41) is 20.2. The fraction of sp³-hybridized carbons (Fsp3) is 0.588. The van der Waals surface area contributed by atoms with Gasteiger partial charge in [-0.2, -0.15) is 0 Å². The number of methoxy groups -OCH3 is 1. The Morgan fingerprint density at radius 3 is 2.25 bits per heavy atom. The van der Waals surface area contributed by atoms with E-state index in [1.165, 1.54) is 13.2 Å². The predicted molar refractivity (Wildman–Crippen MR) is 90.0 cm³/mol. The Morgan fingerprint density at radius 1 is 1.21 bits per heavy atom. The average Bonchev–Trinajstić information content (AvgIpc) is 2.71. The molecule has 1 aliphatic rings. The Balaban J connectivity index is 2.44. The maximum absolute atomic E-state index is 11.9. The van der Waals surface area contributed by atoms with Gasteiger partial charge in [-0.15, -0.1) is 0 Å². The minimum Gasteiger partial charge on any atom is -0.508 e. The normalized spacial score (nSPS) is 20.0. The zero-order valence-electron chi connectivity index (χ0n) is 15.0. The summed E-state index contributed by atoms with van der Waals surface area (Å²) in [4.78, 5) is 11.9. The molecule has 0 saturated carbocycles. The van der Waals surface area contributed by atoms with Crippen LogP contribution in [0.4, 0.5) is 0 Å². The molecule has 0 bridgehead atoms. The molecule has 24 heavy (non-hydrogen) atoms. The standard InChI is InChI=1S/C17H25BO6/c1-10-13(19)8-7-11(15(10)21)12(9-14(20)22-6)18-23-16(2,3)17(4,5)24-18/h7-8,12,19,21H,9H2,1-6H3. The predicted octanol–water partition coefficient (Wildman–Crippen LogP) is 2.68. The lowest BCUT2D eigenvalue weighted by atomic mass is 9.65. The fourth-order valence-corrected chi connectivity index (χ4v) is 2.68. The van der Waals surface area contributed by atoms with Gasteiger partial charge >= 0.3 is 13.1 Å². The molecule has 1 heterocycles. The molecule has 7 heteroatoms. The Morgan fingerprint density at radius 2 is 1.75 bits per heavy atom. The van der Waals surface area contributed by atoms with Crippen LogP contribution < -0.4 is 0 Å². The lowest BCUT2D eigenvalue weighted by Crippen LogP contribution is -2.41. The van der Waals surface area contributed by atoms with Crippen molar-refractivity contribution in [1.29, 1.82) is 0 Å². The van der Waals surface area contributed by atoms with Crippen LogP contribution in [0.1, 0.15) is 51.1 Å². The molecule has 2 rings (SSSR count). The summed E-state index contributed by atoms with van der Waals surface area (Å²) in [7, 11) is 0.592. The largest absolute Gasteiger partial charge is 0.508 e. The summed E-state index contributed by atoms with van der Waals surface area (Å²) in [5.74, 6) is -1.07. The number of esters is 1. The molecule has 1 atom stereocenters. The van der Waals surface area contributed by atoms with Gasteiger partial charge in [0, 0.05) is 11.4 Å². The summed E-state index contributed by atoms with van der Waals surface area (Å²) < 4.78 is 16.9. The Bertz CT molecular complexity index is 624. The molecular formula is C17H25BO6. The van der Waals surface area contributed by atoms with Gasteiger partial charge in [0.1, 0.15) is 11.5 Å². The van der Waals surface area contributed by atoms with Gasteiger partial charge < -0.3 is 24.3 Å². The molecule has 1 unspecified atom stereocenters. The SMILES string of the molecule is COC(=O)CC(B1OC(C)(C)C(C)(C)O1)c1ccc(O)c(C)c1O. The third-order valence-electron chi connectivity index (χ3n) is 5.05. The maximum Gasteiger partial charge on any atom is 0.466 e. The summed E-state index contributed by atoms with van der Waals surface area (Å²) in [6.07, 6.45) is -0.00883. The molecule has 0 amide bonds. The highest BCUT2D eigenvalue weighted by atomic mass is 16.7. The fourth-order valence-electron chi connectivity index (χ4n) is 2.68. The number of phenols is 2. The highest BCUT2D eigenvalue weighted by molar-refractivity contribution is 6.48. The molecule has 0 spiro atoms. The van der Waals surface area contributed by atoms with Crippen molar-refractivity contribution in [2.45, 2.75) is 58.1 Å². The molecule has 0 radical (unpaired) electrons. The van der Waals surface area contributed by atoms with Crippen molar-refractivity contribution in [1.82, 2.24) is 0 Å². The molecule has 0 aliphatic carbocycles. The van der Waals surface area contributed by atoms with Crippen LogP contribution in [0.2, 0.25) is 0 Å². The van der Waals surface area contributed by atoms with Gasteiger partial charge in [0.05, 0.1) is 24.7 Å². The number of carbonyl (C=O) groups is 1. The van der Waals surface area contributed by atoms with E-state index in [0.717, 1.165) is 0 Å². The van der Waals surface area contributed by atoms with Gasteiger partial charge in [0.2, 0.25) is 0 Å². The second kappa shape index (κ2) is 6.29. The highest BCUT2D eigenvalue weighted by Crippen LogP contribution is 2.44. The van der Waals surface area contributed by atoms with Crippen molar-refractivity contribution in [3.63, 3.8) is 0 Å². The first-order chi connectivity index (χ1) is 11.0. The quantitative estimate of drug-likeness (QED) is 0.650. The Hall–Kier alpha value is -1.73. The minimum absolute atomic E-state index is 0.00883. The van der Waals surface area contributed by atoms with E-state index in [4.69, 9.17) is 14.0 Å². The van der Waals surface area contributed by atoms with E-state index in [-0.39, 0.29) is 17.9 Å². The molecular weight excluding hydrogens is 311 g/mol. The molecule has 1 saturated heterocycles. The summed E-state index contributed by atoms with van der Waals surface area (Å²) >= 11 is 0. The van der Waals surface area contributed by atoms with Gasteiger partial charge in [-0.05, 0) is 46.2 Å². The second-order valence-corrected chi connectivity index (χ2v) is 7.16.